The van der Waals surface area contributed by atoms with Gasteiger partial charge in [0, 0.05) is 19.2 Å². The second-order valence-corrected chi connectivity index (χ2v) is 4.53. The summed E-state index contributed by atoms with van der Waals surface area (Å²) in [7, 11) is 0. The smallest absolute Gasteiger partial charge is 0.342 e. The highest BCUT2D eigenvalue weighted by atomic mass is 19.1. The molecule has 1 N–H and O–H groups in total. The van der Waals surface area contributed by atoms with Gasteiger partial charge in [-0.1, -0.05) is 0 Å². The number of ether oxygens (including phenoxy) is 1. The lowest BCUT2D eigenvalue weighted by atomic mass is 10.1. The predicted molar refractivity (Wildman–Crippen MR) is 81.2 cm³/mol. The molecule has 7 heteroatoms. The van der Waals surface area contributed by atoms with Gasteiger partial charge in [0.1, 0.15) is 17.0 Å². The number of nitrogens with zero attached hydrogens (tertiary/aromatic N) is 3. The van der Waals surface area contributed by atoms with E-state index in [1.54, 1.807) is 6.92 Å². The lowest BCUT2D eigenvalue weighted by Gasteiger charge is -2.10. The summed E-state index contributed by atoms with van der Waals surface area (Å²) in [6, 6.07) is 1.35. The maximum absolute atomic E-state index is 14.4. The minimum Gasteiger partial charge on any atom is -0.462 e. The molecule has 0 fully saturated rings. The predicted octanol–water partition coefficient (Wildman–Crippen LogP) is 2.71. The van der Waals surface area contributed by atoms with Crippen molar-refractivity contribution in [3.8, 4) is 11.4 Å². The highest BCUT2D eigenvalue weighted by Gasteiger charge is 2.23. The third-order valence-corrected chi connectivity index (χ3v) is 3.08. The molecule has 0 aliphatic rings. The molecular weight excluding hydrogens is 287 g/mol. The Morgan fingerprint density at radius 1 is 1.36 bits per heavy atom. The third-order valence-electron chi connectivity index (χ3n) is 3.08. The molecule has 0 aliphatic carbocycles. The number of hydrogen-bond acceptors (Lipinski definition) is 5. The van der Waals surface area contributed by atoms with Gasteiger partial charge in [-0.15, -0.1) is 0 Å². The maximum Gasteiger partial charge on any atom is 0.342 e. The second kappa shape index (κ2) is 7.02. The summed E-state index contributed by atoms with van der Waals surface area (Å²) in [6.07, 6.45) is 2.92. The molecule has 0 amide bonds. The number of nitrogens with one attached hydrogen (secondary N) is 1. The molecular formula is C15H19FN4O2. The second-order valence-electron chi connectivity index (χ2n) is 4.53. The molecule has 2 rings (SSSR count). The first-order valence-electron chi connectivity index (χ1n) is 7.25. The highest BCUT2D eigenvalue weighted by molar-refractivity contribution is 5.95. The molecule has 0 radical (unpaired) electrons. The number of carbonyl (C=O) groups excluding carboxylic acids is 1. The van der Waals surface area contributed by atoms with Crippen LogP contribution in [0.1, 0.15) is 31.1 Å². The minimum atomic E-state index is -0.533. The van der Waals surface area contributed by atoms with Crippen molar-refractivity contribution >= 4 is 11.7 Å². The fraction of sp³-hybridized carbons (Fsp3) is 0.400. The number of carbonyl (C=O) groups is 1. The summed E-state index contributed by atoms with van der Waals surface area (Å²) in [5, 5.41) is 7.10. The number of esters is 1. The highest BCUT2D eigenvalue weighted by Crippen LogP contribution is 2.26. The van der Waals surface area contributed by atoms with E-state index in [-0.39, 0.29) is 17.9 Å². The van der Waals surface area contributed by atoms with Crippen LogP contribution in [0.2, 0.25) is 0 Å². The SMILES string of the molecule is CCNc1cnc(-c2c(C(=O)OCC)cnn2CC)c(F)c1. The molecule has 2 aromatic rings. The van der Waals surface area contributed by atoms with Crippen LogP contribution in [0, 0.1) is 5.82 Å². The Labute approximate surface area is 128 Å². The Kier molecular flexibility index (Phi) is 5.08. The minimum absolute atomic E-state index is 0.0871. The van der Waals surface area contributed by atoms with Crippen LogP contribution in [0.3, 0.4) is 0 Å². The Morgan fingerprint density at radius 2 is 2.14 bits per heavy atom. The fourth-order valence-corrected chi connectivity index (χ4v) is 2.15. The average molecular weight is 306 g/mol. The first-order valence-corrected chi connectivity index (χ1v) is 7.25. The number of aryl methyl sites for hydroxylation is 1. The van der Waals surface area contributed by atoms with Gasteiger partial charge in [0.25, 0.3) is 0 Å². The molecule has 118 valence electrons. The third kappa shape index (κ3) is 3.08. The van der Waals surface area contributed by atoms with E-state index in [0.29, 0.717) is 24.5 Å². The van der Waals surface area contributed by atoms with E-state index in [4.69, 9.17) is 4.74 Å². The molecule has 0 saturated carbocycles. The van der Waals surface area contributed by atoms with Crippen LogP contribution in [-0.2, 0) is 11.3 Å². The number of aromatic nitrogens is 3. The molecule has 0 aromatic carbocycles. The molecule has 0 spiro atoms. The zero-order valence-corrected chi connectivity index (χ0v) is 12.9. The molecule has 22 heavy (non-hydrogen) atoms. The van der Waals surface area contributed by atoms with Crippen LogP contribution in [0.15, 0.2) is 18.5 Å². The topological polar surface area (TPSA) is 69.0 Å². The number of hydrogen-bond donors (Lipinski definition) is 1. The maximum atomic E-state index is 14.4. The molecule has 0 saturated heterocycles. The lowest BCUT2D eigenvalue weighted by molar-refractivity contribution is 0.0527. The van der Waals surface area contributed by atoms with Gasteiger partial charge in [0.05, 0.1) is 24.7 Å². The van der Waals surface area contributed by atoms with E-state index in [1.165, 1.54) is 23.1 Å². The average Bonchev–Trinajstić information content (AvgIpc) is 2.92. The van der Waals surface area contributed by atoms with Gasteiger partial charge in [-0.25, -0.2) is 14.2 Å². The summed E-state index contributed by atoms with van der Waals surface area (Å²) in [5.74, 6) is -1.05. The lowest BCUT2D eigenvalue weighted by Crippen LogP contribution is -2.09. The summed E-state index contributed by atoms with van der Waals surface area (Å²) < 4.78 is 20.9. The summed E-state index contributed by atoms with van der Waals surface area (Å²) >= 11 is 0. The first-order chi connectivity index (χ1) is 10.6. The molecule has 0 bridgehead atoms. The molecule has 2 heterocycles. The van der Waals surface area contributed by atoms with E-state index in [0.717, 1.165) is 0 Å². The van der Waals surface area contributed by atoms with E-state index in [2.05, 4.69) is 15.4 Å². The van der Waals surface area contributed by atoms with E-state index >= 15 is 0 Å². The quantitative estimate of drug-likeness (QED) is 0.831. The monoisotopic (exact) mass is 306 g/mol. The molecule has 2 aromatic heterocycles. The summed E-state index contributed by atoms with van der Waals surface area (Å²) in [5.41, 5.74) is 1.22. The zero-order valence-electron chi connectivity index (χ0n) is 12.9. The van der Waals surface area contributed by atoms with E-state index < -0.39 is 11.8 Å². The van der Waals surface area contributed by atoms with Crippen molar-refractivity contribution in [3.63, 3.8) is 0 Å². The van der Waals surface area contributed by atoms with Crippen LogP contribution >= 0.6 is 0 Å². The fourth-order valence-electron chi connectivity index (χ4n) is 2.15. The molecule has 0 aliphatic heterocycles. The van der Waals surface area contributed by atoms with Gasteiger partial charge >= 0.3 is 5.97 Å². The Morgan fingerprint density at radius 3 is 2.73 bits per heavy atom. The standard InChI is InChI=1S/C15H19FN4O2/c1-4-17-10-7-12(16)13(18-8-10)14-11(15(21)22-6-3)9-19-20(14)5-2/h7-9,17H,4-6H2,1-3H3. The number of halogens is 1. The van der Waals surface area contributed by atoms with Crippen molar-refractivity contribution in [1.29, 1.82) is 0 Å². The van der Waals surface area contributed by atoms with Crippen molar-refractivity contribution in [1.82, 2.24) is 14.8 Å². The number of pyridine rings is 1. The van der Waals surface area contributed by atoms with E-state index in [9.17, 15) is 9.18 Å². The van der Waals surface area contributed by atoms with Crippen LogP contribution in [0.4, 0.5) is 10.1 Å². The van der Waals surface area contributed by atoms with Crippen LogP contribution in [0.25, 0.3) is 11.4 Å². The molecule has 0 unspecified atom stereocenters. The van der Waals surface area contributed by atoms with Crippen molar-refractivity contribution in [2.45, 2.75) is 27.3 Å². The molecule has 6 nitrogen and oxygen atoms in total. The summed E-state index contributed by atoms with van der Waals surface area (Å²) in [6.45, 7) is 6.89. The number of rotatable bonds is 6. The normalized spacial score (nSPS) is 10.5. The van der Waals surface area contributed by atoms with Crippen molar-refractivity contribution < 1.29 is 13.9 Å². The Bertz CT molecular complexity index is 670. The van der Waals surface area contributed by atoms with Crippen molar-refractivity contribution in [3.05, 3.63) is 29.8 Å². The first kappa shape index (κ1) is 15.9. The van der Waals surface area contributed by atoms with Gasteiger partial charge in [0.15, 0.2) is 5.82 Å². The largest absolute Gasteiger partial charge is 0.462 e. The van der Waals surface area contributed by atoms with Crippen LogP contribution < -0.4 is 5.32 Å². The van der Waals surface area contributed by atoms with Gasteiger partial charge < -0.3 is 10.1 Å². The zero-order chi connectivity index (χ0) is 16.1. The van der Waals surface area contributed by atoms with Gasteiger partial charge in [-0.2, -0.15) is 5.10 Å². The Hall–Kier alpha value is -2.44. The van der Waals surface area contributed by atoms with E-state index in [1.807, 2.05) is 13.8 Å². The van der Waals surface area contributed by atoms with Crippen molar-refractivity contribution in [2.75, 3.05) is 18.5 Å². The summed E-state index contributed by atoms with van der Waals surface area (Å²) in [4.78, 5) is 16.2. The van der Waals surface area contributed by atoms with Crippen LogP contribution in [0.5, 0.6) is 0 Å². The number of anilines is 1. The van der Waals surface area contributed by atoms with Crippen molar-refractivity contribution in [2.24, 2.45) is 0 Å². The van der Waals surface area contributed by atoms with Gasteiger partial charge in [-0.05, 0) is 20.8 Å². The van der Waals surface area contributed by atoms with Gasteiger partial charge in [-0.3, -0.25) is 4.68 Å². The Balaban J connectivity index is 2.51. The van der Waals surface area contributed by atoms with Crippen LogP contribution in [-0.4, -0.2) is 33.9 Å². The molecule has 0 atom stereocenters. The van der Waals surface area contributed by atoms with Gasteiger partial charge in [0.2, 0.25) is 0 Å².